The van der Waals surface area contributed by atoms with Crippen molar-refractivity contribution in [3.05, 3.63) is 59.7 Å². The molecular weight excluding hydrogens is 302 g/mol. The highest BCUT2D eigenvalue weighted by atomic mass is 19.1. The van der Waals surface area contributed by atoms with E-state index in [0.29, 0.717) is 12.2 Å². The van der Waals surface area contributed by atoms with Crippen molar-refractivity contribution in [1.82, 2.24) is 0 Å². The number of carbonyl (C=O) groups is 1. The summed E-state index contributed by atoms with van der Waals surface area (Å²) in [5, 5.41) is 2.64. The molecule has 0 saturated heterocycles. The molecule has 2 aromatic rings. The van der Waals surface area contributed by atoms with E-state index in [2.05, 4.69) is 5.32 Å². The van der Waals surface area contributed by atoms with Crippen molar-refractivity contribution >= 4 is 11.6 Å². The third kappa shape index (κ3) is 5.03. The molecule has 0 aliphatic carbocycles. The first-order valence-corrected chi connectivity index (χ1v) is 7.17. The minimum atomic E-state index is -0.429. The molecule has 122 valence electrons. The SMILES string of the molecule is COc1ccc(C[NH+](C)CC(=O)Nc2cccc(F)c2)cc1F. The Labute approximate surface area is 133 Å². The minimum Gasteiger partial charge on any atom is -0.494 e. The van der Waals surface area contributed by atoms with Crippen molar-refractivity contribution in [2.75, 3.05) is 26.0 Å². The Morgan fingerprint density at radius 2 is 2.00 bits per heavy atom. The van der Waals surface area contributed by atoms with Crippen LogP contribution in [-0.4, -0.2) is 26.6 Å². The highest BCUT2D eigenvalue weighted by Crippen LogP contribution is 2.17. The van der Waals surface area contributed by atoms with Gasteiger partial charge in [-0.2, -0.15) is 0 Å². The van der Waals surface area contributed by atoms with E-state index in [0.717, 1.165) is 10.5 Å². The Bertz CT molecular complexity index is 692. The van der Waals surface area contributed by atoms with Gasteiger partial charge in [-0.05, 0) is 36.4 Å². The van der Waals surface area contributed by atoms with Gasteiger partial charge in [0, 0.05) is 11.3 Å². The van der Waals surface area contributed by atoms with E-state index in [1.54, 1.807) is 18.2 Å². The van der Waals surface area contributed by atoms with Crippen LogP contribution in [0.5, 0.6) is 5.75 Å². The van der Waals surface area contributed by atoms with E-state index in [-0.39, 0.29) is 18.2 Å². The second kappa shape index (κ2) is 7.69. The Balaban J connectivity index is 1.90. The predicted octanol–water partition coefficient (Wildman–Crippen LogP) is 1.63. The summed E-state index contributed by atoms with van der Waals surface area (Å²) in [4.78, 5) is 12.8. The van der Waals surface area contributed by atoms with Crippen LogP contribution in [0.1, 0.15) is 5.56 Å². The molecule has 1 atom stereocenters. The molecule has 2 N–H and O–H groups in total. The fourth-order valence-electron chi connectivity index (χ4n) is 2.28. The fraction of sp³-hybridized carbons (Fsp3) is 0.235. The number of anilines is 1. The van der Waals surface area contributed by atoms with Crippen molar-refractivity contribution in [3.8, 4) is 5.75 Å². The van der Waals surface area contributed by atoms with Crippen molar-refractivity contribution in [1.29, 1.82) is 0 Å². The first kappa shape index (κ1) is 16.9. The van der Waals surface area contributed by atoms with Crippen molar-refractivity contribution < 1.29 is 23.2 Å². The topological polar surface area (TPSA) is 42.8 Å². The van der Waals surface area contributed by atoms with Crippen molar-refractivity contribution in [2.45, 2.75) is 6.54 Å². The van der Waals surface area contributed by atoms with E-state index in [1.807, 2.05) is 7.05 Å². The second-order valence-electron chi connectivity index (χ2n) is 5.34. The van der Waals surface area contributed by atoms with Gasteiger partial charge in [-0.3, -0.25) is 4.79 Å². The summed E-state index contributed by atoms with van der Waals surface area (Å²) in [5.41, 5.74) is 1.18. The molecular formula is C17H19F2N2O2+. The average Bonchev–Trinajstić information content (AvgIpc) is 2.47. The molecule has 2 rings (SSSR count). The lowest BCUT2D eigenvalue weighted by Crippen LogP contribution is -3.08. The van der Waals surface area contributed by atoms with Crippen molar-refractivity contribution in [2.24, 2.45) is 0 Å². The van der Waals surface area contributed by atoms with Gasteiger partial charge in [0.2, 0.25) is 0 Å². The van der Waals surface area contributed by atoms with Crippen LogP contribution >= 0.6 is 0 Å². The van der Waals surface area contributed by atoms with E-state index < -0.39 is 11.6 Å². The summed E-state index contributed by atoms with van der Waals surface area (Å²) in [7, 11) is 3.24. The number of ether oxygens (including phenoxy) is 1. The van der Waals surface area contributed by atoms with Crippen LogP contribution in [0.15, 0.2) is 42.5 Å². The number of nitrogens with one attached hydrogen (secondary N) is 2. The van der Waals surface area contributed by atoms with Gasteiger partial charge in [0.15, 0.2) is 18.1 Å². The Hall–Kier alpha value is -2.47. The monoisotopic (exact) mass is 321 g/mol. The number of hydrogen-bond acceptors (Lipinski definition) is 2. The van der Waals surface area contributed by atoms with Crippen LogP contribution < -0.4 is 15.0 Å². The molecule has 0 spiro atoms. The maximum Gasteiger partial charge on any atom is 0.279 e. The maximum atomic E-state index is 13.6. The zero-order valence-electron chi connectivity index (χ0n) is 13.0. The molecule has 0 aromatic heterocycles. The lowest BCUT2D eigenvalue weighted by Gasteiger charge is -2.14. The molecule has 0 radical (unpaired) electrons. The zero-order chi connectivity index (χ0) is 16.8. The molecule has 0 heterocycles. The third-order valence-corrected chi connectivity index (χ3v) is 3.29. The first-order valence-electron chi connectivity index (χ1n) is 7.17. The zero-order valence-corrected chi connectivity index (χ0v) is 13.0. The number of hydrogen-bond donors (Lipinski definition) is 2. The first-order chi connectivity index (χ1) is 11.0. The number of amides is 1. The molecule has 0 aliphatic rings. The van der Waals surface area contributed by atoms with E-state index in [1.165, 1.54) is 31.4 Å². The number of methoxy groups -OCH3 is 1. The highest BCUT2D eigenvalue weighted by molar-refractivity contribution is 5.91. The van der Waals surface area contributed by atoms with Crippen LogP contribution in [0, 0.1) is 11.6 Å². The van der Waals surface area contributed by atoms with Gasteiger partial charge in [0.25, 0.3) is 5.91 Å². The van der Waals surface area contributed by atoms with E-state index in [9.17, 15) is 13.6 Å². The summed E-state index contributed by atoms with van der Waals surface area (Å²) in [5.74, 6) is -0.878. The molecule has 0 aliphatic heterocycles. The molecule has 2 aromatic carbocycles. The summed E-state index contributed by atoms with van der Waals surface area (Å²) in [6, 6.07) is 10.4. The summed E-state index contributed by atoms with van der Waals surface area (Å²) >= 11 is 0. The van der Waals surface area contributed by atoms with Gasteiger partial charge in [-0.15, -0.1) is 0 Å². The standard InChI is InChI=1S/C17H18F2N2O2/c1-21(10-12-6-7-16(23-2)15(19)8-12)11-17(22)20-14-5-3-4-13(18)9-14/h3-9H,10-11H2,1-2H3,(H,20,22)/p+1. The summed E-state index contributed by atoms with van der Waals surface area (Å²) in [6.45, 7) is 0.668. The summed E-state index contributed by atoms with van der Waals surface area (Å²) in [6.07, 6.45) is 0. The average molecular weight is 321 g/mol. The maximum absolute atomic E-state index is 13.6. The number of carbonyl (C=O) groups excluding carboxylic acids is 1. The normalized spacial score (nSPS) is 11.8. The van der Waals surface area contributed by atoms with E-state index >= 15 is 0 Å². The van der Waals surface area contributed by atoms with Gasteiger partial charge in [0.1, 0.15) is 12.4 Å². The quantitative estimate of drug-likeness (QED) is 0.849. The second-order valence-corrected chi connectivity index (χ2v) is 5.34. The van der Waals surface area contributed by atoms with Gasteiger partial charge in [-0.1, -0.05) is 6.07 Å². The van der Waals surface area contributed by atoms with Crippen LogP contribution in [0.2, 0.25) is 0 Å². The lowest BCUT2D eigenvalue weighted by atomic mass is 10.2. The largest absolute Gasteiger partial charge is 0.494 e. The predicted molar refractivity (Wildman–Crippen MR) is 83.4 cm³/mol. The fourth-order valence-corrected chi connectivity index (χ4v) is 2.28. The number of benzene rings is 2. The molecule has 0 bridgehead atoms. The number of likely N-dealkylation sites (N-methyl/N-ethyl adjacent to an activating group) is 1. The molecule has 0 fully saturated rings. The molecule has 1 amide bonds. The smallest absolute Gasteiger partial charge is 0.279 e. The van der Waals surface area contributed by atoms with Crippen molar-refractivity contribution in [3.63, 3.8) is 0 Å². The number of quaternary nitrogens is 1. The summed E-state index contributed by atoms with van der Waals surface area (Å²) < 4.78 is 31.6. The molecule has 6 heteroatoms. The van der Waals surface area contributed by atoms with E-state index in [4.69, 9.17) is 4.74 Å². The van der Waals surface area contributed by atoms with Crippen LogP contribution in [0.25, 0.3) is 0 Å². The highest BCUT2D eigenvalue weighted by Gasteiger charge is 2.12. The van der Waals surface area contributed by atoms with Gasteiger partial charge < -0.3 is 15.0 Å². The van der Waals surface area contributed by atoms with Crippen LogP contribution in [0.4, 0.5) is 14.5 Å². The molecule has 23 heavy (non-hydrogen) atoms. The molecule has 1 unspecified atom stereocenters. The van der Waals surface area contributed by atoms with Gasteiger partial charge >= 0.3 is 0 Å². The lowest BCUT2D eigenvalue weighted by molar-refractivity contribution is -0.885. The molecule has 4 nitrogen and oxygen atoms in total. The van der Waals surface area contributed by atoms with Gasteiger partial charge in [-0.25, -0.2) is 8.78 Å². The molecule has 0 saturated carbocycles. The number of halogens is 2. The Morgan fingerprint density at radius 1 is 1.22 bits per heavy atom. The minimum absolute atomic E-state index is 0.185. The number of rotatable bonds is 6. The van der Waals surface area contributed by atoms with Crippen LogP contribution in [-0.2, 0) is 11.3 Å². The Kier molecular flexibility index (Phi) is 5.65. The van der Waals surface area contributed by atoms with Gasteiger partial charge in [0.05, 0.1) is 14.2 Å². The Morgan fingerprint density at radius 3 is 2.65 bits per heavy atom. The van der Waals surface area contributed by atoms with Crippen LogP contribution in [0.3, 0.4) is 0 Å². The third-order valence-electron chi connectivity index (χ3n) is 3.29.